The van der Waals surface area contributed by atoms with Crippen LogP contribution in [0.3, 0.4) is 0 Å². The molecule has 0 spiro atoms. The zero-order valence-electron chi connectivity index (χ0n) is 12.5. The molecule has 1 saturated heterocycles. The number of likely N-dealkylation sites (tertiary alicyclic amines) is 1. The van der Waals surface area contributed by atoms with E-state index in [9.17, 15) is 9.59 Å². The van der Waals surface area contributed by atoms with Gasteiger partial charge in [-0.1, -0.05) is 0 Å². The van der Waals surface area contributed by atoms with Gasteiger partial charge in [-0.2, -0.15) is 0 Å². The zero-order chi connectivity index (χ0) is 15.1. The maximum Gasteiger partial charge on any atom is 0.274 e. The molecule has 0 atom stereocenters. The third-order valence-corrected chi connectivity index (χ3v) is 3.76. The average Bonchev–Trinajstić information content (AvgIpc) is 2.56. The minimum Gasteiger partial charge on any atom is -0.343 e. The highest BCUT2D eigenvalue weighted by Gasteiger charge is 2.20. The van der Waals surface area contributed by atoms with E-state index in [2.05, 4.69) is 9.97 Å². The van der Waals surface area contributed by atoms with Crippen molar-refractivity contribution in [2.75, 3.05) is 26.2 Å². The van der Waals surface area contributed by atoms with Gasteiger partial charge in [-0.05, 0) is 26.2 Å². The number of piperidine rings is 1. The highest BCUT2D eigenvalue weighted by Crippen LogP contribution is 2.10. The summed E-state index contributed by atoms with van der Waals surface area (Å²) in [5.74, 6) is -0.0304. The van der Waals surface area contributed by atoms with Gasteiger partial charge in [0, 0.05) is 45.0 Å². The largest absolute Gasteiger partial charge is 0.343 e. The van der Waals surface area contributed by atoms with E-state index in [0.29, 0.717) is 25.2 Å². The Morgan fingerprint density at radius 3 is 2.62 bits per heavy atom. The summed E-state index contributed by atoms with van der Waals surface area (Å²) in [6.45, 7) is 4.59. The van der Waals surface area contributed by atoms with Crippen LogP contribution in [0, 0.1) is 0 Å². The second-order valence-corrected chi connectivity index (χ2v) is 5.17. The Kier molecular flexibility index (Phi) is 5.66. The molecule has 0 aliphatic carbocycles. The summed E-state index contributed by atoms with van der Waals surface area (Å²) in [5, 5.41) is 0. The van der Waals surface area contributed by atoms with Crippen LogP contribution in [-0.2, 0) is 4.79 Å². The van der Waals surface area contributed by atoms with Crippen molar-refractivity contribution in [1.29, 1.82) is 0 Å². The molecular formula is C15H22N4O2. The van der Waals surface area contributed by atoms with Crippen LogP contribution in [0.2, 0.25) is 0 Å². The van der Waals surface area contributed by atoms with Crippen LogP contribution in [0.4, 0.5) is 0 Å². The van der Waals surface area contributed by atoms with Gasteiger partial charge in [0.1, 0.15) is 5.69 Å². The minimum atomic E-state index is -0.169. The van der Waals surface area contributed by atoms with Crippen molar-refractivity contribution in [2.24, 2.45) is 0 Å². The summed E-state index contributed by atoms with van der Waals surface area (Å²) in [4.78, 5) is 35.9. The SMILES string of the molecule is CCN(CCC(=O)N1CCCCC1)C(=O)c1cnccn1. The number of carbonyl (C=O) groups is 2. The summed E-state index contributed by atoms with van der Waals surface area (Å²) in [6.07, 6.45) is 8.24. The van der Waals surface area contributed by atoms with Gasteiger partial charge in [0.2, 0.25) is 5.91 Å². The fourth-order valence-electron chi connectivity index (χ4n) is 2.51. The molecule has 6 heteroatoms. The third kappa shape index (κ3) is 4.24. The van der Waals surface area contributed by atoms with E-state index < -0.39 is 0 Å². The molecule has 0 unspecified atom stereocenters. The number of aromatic nitrogens is 2. The van der Waals surface area contributed by atoms with Gasteiger partial charge in [0.25, 0.3) is 5.91 Å². The molecule has 2 heterocycles. The summed E-state index contributed by atoms with van der Waals surface area (Å²) < 4.78 is 0. The van der Waals surface area contributed by atoms with Crippen LogP contribution >= 0.6 is 0 Å². The number of nitrogens with zero attached hydrogens (tertiary/aromatic N) is 4. The van der Waals surface area contributed by atoms with Crippen LogP contribution in [-0.4, -0.2) is 57.8 Å². The number of carbonyl (C=O) groups excluding carboxylic acids is 2. The normalized spacial score (nSPS) is 14.8. The van der Waals surface area contributed by atoms with Crippen molar-refractivity contribution < 1.29 is 9.59 Å². The Labute approximate surface area is 125 Å². The van der Waals surface area contributed by atoms with E-state index in [4.69, 9.17) is 0 Å². The van der Waals surface area contributed by atoms with Crippen molar-refractivity contribution >= 4 is 11.8 Å². The van der Waals surface area contributed by atoms with Crippen LogP contribution in [0.25, 0.3) is 0 Å². The molecule has 114 valence electrons. The molecular weight excluding hydrogens is 268 g/mol. The molecule has 6 nitrogen and oxygen atoms in total. The molecule has 2 amide bonds. The number of hydrogen-bond donors (Lipinski definition) is 0. The summed E-state index contributed by atoms with van der Waals surface area (Å²) in [5.41, 5.74) is 0.324. The van der Waals surface area contributed by atoms with Crippen LogP contribution in [0.15, 0.2) is 18.6 Å². The Hall–Kier alpha value is -1.98. The molecule has 0 saturated carbocycles. The van der Waals surface area contributed by atoms with Crippen molar-refractivity contribution in [2.45, 2.75) is 32.6 Å². The second-order valence-electron chi connectivity index (χ2n) is 5.17. The maximum absolute atomic E-state index is 12.3. The molecule has 0 aromatic carbocycles. The van der Waals surface area contributed by atoms with E-state index in [1.165, 1.54) is 25.0 Å². The van der Waals surface area contributed by atoms with Gasteiger partial charge in [-0.15, -0.1) is 0 Å². The molecule has 1 aromatic rings. The van der Waals surface area contributed by atoms with E-state index in [1.807, 2.05) is 11.8 Å². The summed E-state index contributed by atoms with van der Waals surface area (Å²) in [7, 11) is 0. The predicted octanol–water partition coefficient (Wildman–Crippen LogP) is 1.34. The van der Waals surface area contributed by atoms with Gasteiger partial charge >= 0.3 is 0 Å². The molecule has 1 aliphatic rings. The third-order valence-electron chi connectivity index (χ3n) is 3.76. The standard InChI is InChI=1S/C15H22N4O2/c1-2-18(15(21)13-12-16-7-8-17-13)11-6-14(20)19-9-4-3-5-10-19/h7-8,12H,2-6,9-11H2,1H3. The Bertz CT molecular complexity index is 472. The molecule has 0 bridgehead atoms. The lowest BCUT2D eigenvalue weighted by Crippen LogP contribution is -2.39. The first-order chi connectivity index (χ1) is 10.2. The monoisotopic (exact) mass is 290 g/mol. The first-order valence-electron chi connectivity index (χ1n) is 7.55. The first-order valence-corrected chi connectivity index (χ1v) is 7.55. The van der Waals surface area contributed by atoms with Crippen molar-refractivity contribution in [3.8, 4) is 0 Å². The molecule has 1 aliphatic heterocycles. The van der Waals surface area contributed by atoms with E-state index >= 15 is 0 Å². The fraction of sp³-hybridized carbons (Fsp3) is 0.600. The molecule has 21 heavy (non-hydrogen) atoms. The van der Waals surface area contributed by atoms with Crippen molar-refractivity contribution in [1.82, 2.24) is 19.8 Å². The van der Waals surface area contributed by atoms with Gasteiger partial charge in [-0.3, -0.25) is 14.6 Å². The van der Waals surface area contributed by atoms with Crippen LogP contribution in [0.1, 0.15) is 43.1 Å². The van der Waals surface area contributed by atoms with Crippen LogP contribution < -0.4 is 0 Å². The Morgan fingerprint density at radius 2 is 2.00 bits per heavy atom. The van der Waals surface area contributed by atoms with E-state index in [0.717, 1.165) is 25.9 Å². The van der Waals surface area contributed by atoms with Gasteiger partial charge < -0.3 is 9.80 Å². The maximum atomic E-state index is 12.3. The molecule has 0 N–H and O–H groups in total. The van der Waals surface area contributed by atoms with E-state index in [1.54, 1.807) is 4.90 Å². The lowest BCUT2D eigenvalue weighted by Gasteiger charge is -2.28. The fourth-order valence-corrected chi connectivity index (χ4v) is 2.51. The first kappa shape index (κ1) is 15.4. The Balaban J connectivity index is 1.87. The number of hydrogen-bond acceptors (Lipinski definition) is 4. The second kappa shape index (κ2) is 7.71. The van der Waals surface area contributed by atoms with Crippen LogP contribution in [0.5, 0.6) is 0 Å². The molecule has 2 rings (SSSR count). The summed E-state index contributed by atoms with van der Waals surface area (Å²) in [6, 6.07) is 0. The highest BCUT2D eigenvalue weighted by atomic mass is 16.2. The zero-order valence-corrected chi connectivity index (χ0v) is 12.5. The summed E-state index contributed by atoms with van der Waals surface area (Å²) >= 11 is 0. The average molecular weight is 290 g/mol. The highest BCUT2D eigenvalue weighted by molar-refractivity contribution is 5.92. The van der Waals surface area contributed by atoms with Gasteiger partial charge in [0.05, 0.1) is 6.20 Å². The minimum absolute atomic E-state index is 0.139. The number of amides is 2. The lowest BCUT2D eigenvalue weighted by atomic mass is 10.1. The lowest BCUT2D eigenvalue weighted by molar-refractivity contribution is -0.132. The Morgan fingerprint density at radius 1 is 1.24 bits per heavy atom. The molecule has 1 aromatic heterocycles. The quantitative estimate of drug-likeness (QED) is 0.821. The smallest absolute Gasteiger partial charge is 0.274 e. The van der Waals surface area contributed by atoms with Gasteiger partial charge in [0.15, 0.2) is 0 Å². The van der Waals surface area contributed by atoms with Crippen molar-refractivity contribution in [3.63, 3.8) is 0 Å². The topological polar surface area (TPSA) is 66.4 Å². The van der Waals surface area contributed by atoms with Crippen molar-refractivity contribution in [3.05, 3.63) is 24.3 Å². The number of rotatable bonds is 5. The molecule has 1 fully saturated rings. The predicted molar refractivity (Wildman–Crippen MR) is 78.7 cm³/mol. The van der Waals surface area contributed by atoms with E-state index in [-0.39, 0.29) is 11.8 Å². The molecule has 0 radical (unpaired) electrons. The van der Waals surface area contributed by atoms with Gasteiger partial charge in [-0.25, -0.2) is 4.98 Å².